The van der Waals surface area contributed by atoms with Gasteiger partial charge in [-0.05, 0) is 12.0 Å². The molecule has 1 atom stereocenters. The van der Waals surface area contributed by atoms with Crippen molar-refractivity contribution in [2.24, 2.45) is 5.11 Å². The lowest BCUT2D eigenvalue weighted by atomic mass is 10.1. The Hall–Kier alpha value is -1.22. The minimum atomic E-state index is -0.913. The van der Waals surface area contributed by atoms with E-state index in [-0.39, 0.29) is 12.5 Å². The first-order chi connectivity index (χ1) is 5.70. The summed E-state index contributed by atoms with van der Waals surface area (Å²) in [6.45, 7) is 2.01. The van der Waals surface area contributed by atoms with Gasteiger partial charge < -0.3 is 5.11 Å². The number of nitrogens with zero attached hydrogens (tertiary/aromatic N) is 3. The van der Waals surface area contributed by atoms with Crippen LogP contribution in [0.15, 0.2) is 5.11 Å². The molecule has 0 radical (unpaired) electrons. The van der Waals surface area contributed by atoms with E-state index in [0.29, 0.717) is 6.42 Å². The van der Waals surface area contributed by atoms with Crippen LogP contribution >= 0.6 is 0 Å². The first kappa shape index (κ1) is 10.8. The molecule has 0 aliphatic rings. The Balaban J connectivity index is 3.85. The molecule has 68 valence electrons. The van der Waals surface area contributed by atoms with Crippen LogP contribution in [0.5, 0.6) is 0 Å². The number of hydrogen-bond donors (Lipinski definition) is 1. The predicted molar refractivity (Wildman–Crippen MR) is 44.7 cm³/mol. The van der Waals surface area contributed by atoms with E-state index in [4.69, 9.17) is 10.6 Å². The number of carboxylic acids is 1. The van der Waals surface area contributed by atoms with E-state index in [0.717, 1.165) is 12.8 Å². The Morgan fingerprint density at radius 3 is 2.83 bits per heavy atom. The molecule has 0 spiro atoms. The van der Waals surface area contributed by atoms with Gasteiger partial charge in [-0.2, -0.15) is 0 Å². The van der Waals surface area contributed by atoms with Crippen molar-refractivity contribution in [3.05, 3.63) is 10.4 Å². The second kappa shape index (κ2) is 6.49. The highest BCUT2D eigenvalue weighted by Crippen LogP contribution is 2.08. The summed E-state index contributed by atoms with van der Waals surface area (Å²) in [5.74, 6) is -0.913. The van der Waals surface area contributed by atoms with Gasteiger partial charge in [-0.25, -0.2) is 0 Å². The first-order valence-corrected chi connectivity index (χ1v) is 3.96. The number of azide groups is 1. The Bertz CT molecular complexity index is 187. The molecule has 0 bridgehead atoms. The molecule has 1 N–H and O–H groups in total. The zero-order valence-corrected chi connectivity index (χ0v) is 7.10. The molecule has 0 aliphatic heterocycles. The highest BCUT2D eigenvalue weighted by molar-refractivity contribution is 5.67. The van der Waals surface area contributed by atoms with E-state index >= 15 is 0 Å². The Labute approximate surface area is 71.0 Å². The molecule has 0 fully saturated rings. The Kier molecular flexibility index (Phi) is 5.83. The molecule has 5 nitrogen and oxygen atoms in total. The first-order valence-electron chi connectivity index (χ1n) is 3.96. The molecule has 0 saturated heterocycles. The van der Waals surface area contributed by atoms with E-state index in [1.54, 1.807) is 0 Å². The molecule has 0 aromatic heterocycles. The average molecular weight is 171 g/mol. The Morgan fingerprint density at radius 2 is 2.42 bits per heavy atom. The van der Waals surface area contributed by atoms with Crippen LogP contribution in [0.25, 0.3) is 10.4 Å². The van der Waals surface area contributed by atoms with Crippen molar-refractivity contribution in [2.45, 2.75) is 38.6 Å². The van der Waals surface area contributed by atoms with E-state index < -0.39 is 5.97 Å². The minimum absolute atomic E-state index is 0.0654. The van der Waals surface area contributed by atoms with E-state index in [1.165, 1.54) is 0 Å². The maximum atomic E-state index is 10.3. The fourth-order valence-corrected chi connectivity index (χ4v) is 0.915. The lowest BCUT2D eigenvalue weighted by Crippen LogP contribution is -2.10. The SMILES string of the molecule is CCCCC(CC(=O)O)N=[N+]=[N-]. The maximum Gasteiger partial charge on any atom is 0.303 e. The monoisotopic (exact) mass is 171 g/mol. The van der Waals surface area contributed by atoms with Gasteiger partial charge in [-0.1, -0.05) is 24.9 Å². The van der Waals surface area contributed by atoms with Crippen molar-refractivity contribution in [3.8, 4) is 0 Å². The van der Waals surface area contributed by atoms with Crippen molar-refractivity contribution >= 4 is 5.97 Å². The quantitative estimate of drug-likeness (QED) is 0.377. The van der Waals surface area contributed by atoms with Crippen LogP contribution in [0.3, 0.4) is 0 Å². The van der Waals surface area contributed by atoms with Crippen LogP contribution in [-0.2, 0) is 4.79 Å². The van der Waals surface area contributed by atoms with Gasteiger partial charge in [-0.15, -0.1) is 0 Å². The van der Waals surface area contributed by atoms with Gasteiger partial charge in [0, 0.05) is 11.0 Å². The predicted octanol–water partition coefficient (Wildman–Crippen LogP) is 2.33. The normalized spacial score (nSPS) is 11.8. The number of carboxylic acid groups (broad SMARTS) is 1. The van der Waals surface area contributed by atoms with Crippen LogP contribution in [0.2, 0.25) is 0 Å². The van der Waals surface area contributed by atoms with Crippen molar-refractivity contribution in [3.63, 3.8) is 0 Å². The molecule has 5 heteroatoms. The van der Waals surface area contributed by atoms with Crippen molar-refractivity contribution in [1.82, 2.24) is 0 Å². The summed E-state index contributed by atoms with van der Waals surface area (Å²) in [4.78, 5) is 12.9. The second-order valence-electron chi connectivity index (χ2n) is 2.60. The fourth-order valence-electron chi connectivity index (χ4n) is 0.915. The van der Waals surface area contributed by atoms with Gasteiger partial charge >= 0.3 is 5.97 Å². The number of hydrogen-bond acceptors (Lipinski definition) is 2. The molecule has 0 aliphatic carbocycles. The largest absolute Gasteiger partial charge is 0.481 e. The van der Waals surface area contributed by atoms with Crippen molar-refractivity contribution in [2.75, 3.05) is 0 Å². The van der Waals surface area contributed by atoms with Gasteiger partial charge in [-0.3, -0.25) is 4.79 Å². The summed E-state index contributed by atoms with van der Waals surface area (Å²) >= 11 is 0. The fraction of sp³-hybridized carbons (Fsp3) is 0.857. The average Bonchev–Trinajstić information content (AvgIpc) is 2.00. The van der Waals surface area contributed by atoms with Crippen LogP contribution in [0.1, 0.15) is 32.6 Å². The molecular formula is C7H13N3O2. The Morgan fingerprint density at radius 1 is 1.75 bits per heavy atom. The summed E-state index contributed by atoms with van der Waals surface area (Å²) in [6, 6.07) is -0.382. The molecule has 0 rings (SSSR count). The van der Waals surface area contributed by atoms with Crippen LogP contribution in [0, 0.1) is 0 Å². The van der Waals surface area contributed by atoms with Crippen molar-refractivity contribution in [1.29, 1.82) is 0 Å². The van der Waals surface area contributed by atoms with Gasteiger partial charge in [0.15, 0.2) is 0 Å². The van der Waals surface area contributed by atoms with E-state index in [1.807, 2.05) is 6.92 Å². The molecule has 0 heterocycles. The summed E-state index contributed by atoms with van der Waals surface area (Å²) in [6.07, 6.45) is 2.48. The molecular weight excluding hydrogens is 158 g/mol. The molecule has 0 saturated carbocycles. The standard InChI is InChI=1S/C7H13N3O2/c1-2-3-4-6(9-10-8)5-7(11)12/h6H,2-5H2,1H3,(H,11,12). The second-order valence-corrected chi connectivity index (χ2v) is 2.60. The van der Waals surface area contributed by atoms with Crippen molar-refractivity contribution < 1.29 is 9.90 Å². The number of carbonyl (C=O) groups is 1. The molecule has 1 unspecified atom stereocenters. The summed E-state index contributed by atoms with van der Waals surface area (Å²) < 4.78 is 0. The zero-order chi connectivity index (χ0) is 9.40. The van der Waals surface area contributed by atoms with Crippen LogP contribution in [-0.4, -0.2) is 17.1 Å². The van der Waals surface area contributed by atoms with E-state index in [9.17, 15) is 4.79 Å². The summed E-state index contributed by atoms with van der Waals surface area (Å²) in [7, 11) is 0. The van der Waals surface area contributed by atoms with Crippen LogP contribution < -0.4 is 0 Å². The highest BCUT2D eigenvalue weighted by atomic mass is 16.4. The van der Waals surface area contributed by atoms with Gasteiger partial charge in [0.25, 0.3) is 0 Å². The van der Waals surface area contributed by atoms with E-state index in [2.05, 4.69) is 10.0 Å². The third-order valence-corrected chi connectivity index (χ3v) is 1.52. The molecule has 0 aromatic carbocycles. The highest BCUT2D eigenvalue weighted by Gasteiger charge is 2.09. The smallest absolute Gasteiger partial charge is 0.303 e. The zero-order valence-electron chi connectivity index (χ0n) is 7.10. The summed E-state index contributed by atoms with van der Waals surface area (Å²) in [5, 5.41) is 11.8. The van der Waals surface area contributed by atoms with Gasteiger partial charge in [0.05, 0.1) is 6.42 Å². The van der Waals surface area contributed by atoms with Gasteiger partial charge in [0.2, 0.25) is 0 Å². The topological polar surface area (TPSA) is 86.1 Å². The third-order valence-electron chi connectivity index (χ3n) is 1.52. The third kappa shape index (κ3) is 5.56. The minimum Gasteiger partial charge on any atom is -0.481 e. The lowest BCUT2D eigenvalue weighted by Gasteiger charge is -2.05. The number of rotatable bonds is 6. The molecule has 12 heavy (non-hydrogen) atoms. The number of unbranched alkanes of at least 4 members (excludes halogenated alkanes) is 1. The molecule has 0 aromatic rings. The van der Waals surface area contributed by atoms with Crippen LogP contribution in [0.4, 0.5) is 0 Å². The summed E-state index contributed by atoms with van der Waals surface area (Å²) in [5.41, 5.74) is 8.11. The van der Waals surface area contributed by atoms with Gasteiger partial charge in [0.1, 0.15) is 0 Å². The molecule has 0 amide bonds. The number of aliphatic carboxylic acids is 1. The lowest BCUT2D eigenvalue weighted by molar-refractivity contribution is -0.137. The maximum absolute atomic E-state index is 10.3.